The van der Waals surface area contributed by atoms with E-state index >= 15 is 0 Å². The molecule has 0 saturated carbocycles. The fourth-order valence-electron chi connectivity index (χ4n) is 3.82. The van der Waals surface area contributed by atoms with E-state index in [4.69, 9.17) is 4.74 Å². The van der Waals surface area contributed by atoms with Gasteiger partial charge in [0, 0.05) is 44.8 Å². The number of nitrogens with zero attached hydrogens (tertiary/aromatic N) is 3. The van der Waals surface area contributed by atoms with Gasteiger partial charge in [0.2, 0.25) is 20.0 Å². The molecule has 2 fully saturated rings. The Morgan fingerprint density at radius 1 is 0.788 bits per heavy atom. The molecule has 2 aromatic carbocycles. The molecule has 0 radical (unpaired) electrons. The van der Waals surface area contributed by atoms with Crippen molar-refractivity contribution in [3.8, 4) is 0 Å². The lowest BCUT2D eigenvalue weighted by atomic mass is 10.2. The van der Waals surface area contributed by atoms with Gasteiger partial charge in [0.15, 0.2) is 0 Å². The zero-order valence-electron chi connectivity index (χ0n) is 17.8. The first kappa shape index (κ1) is 23.8. The van der Waals surface area contributed by atoms with Gasteiger partial charge in [0.1, 0.15) is 10.7 Å². The monoisotopic (exact) mass is 497 g/mol. The van der Waals surface area contributed by atoms with Gasteiger partial charge in [0.25, 0.3) is 5.91 Å². The van der Waals surface area contributed by atoms with Crippen molar-refractivity contribution in [3.63, 3.8) is 0 Å². The first-order valence-corrected chi connectivity index (χ1v) is 13.3. The van der Waals surface area contributed by atoms with Crippen molar-refractivity contribution in [2.45, 2.75) is 9.79 Å². The fourth-order valence-corrected chi connectivity index (χ4v) is 6.76. The Bertz CT molecular complexity index is 1220. The minimum atomic E-state index is -4.12. The van der Waals surface area contributed by atoms with E-state index in [1.165, 1.54) is 27.4 Å². The van der Waals surface area contributed by atoms with Gasteiger partial charge in [-0.3, -0.25) is 4.79 Å². The van der Waals surface area contributed by atoms with Crippen LogP contribution in [0.5, 0.6) is 0 Å². The Morgan fingerprint density at radius 3 is 2.03 bits per heavy atom. The predicted molar refractivity (Wildman–Crippen MR) is 117 cm³/mol. The van der Waals surface area contributed by atoms with Crippen LogP contribution in [0.1, 0.15) is 10.4 Å². The summed E-state index contributed by atoms with van der Waals surface area (Å²) >= 11 is 0. The van der Waals surface area contributed by atoms with E-state index in [2.05, 4.69) is 0 Å². The Labute approximate surface area is 192 Å². The van der Waals surface area contributed by atoms with E-state index in [1.807, 2.05) is 0 Å². The maximum atomic E-state index is 14.4. The van der Waals surface area contributed by atoms with Gasteiger partial charge < -0.3 is 9.64 Å². The highest BCUT2D eigenvalue weighted by atomic mass is 32.2. The Balaban J connectivity index is 1.49. The number of morpholine rings is 1. The first-order valence-electron chi connectivity index (χ1n) is 10.4. The van der Waals surface area contributed by atoms with E-state index in [9.17, 15) is 26.0 Å². The molecule has 0 spiro atoms. The Hall–Kier alpha value is -2.38. The molecule has 12 heteroatoms. The number of benzene rings is 2. The zero-order chi connectivity index (χ0) is 23.6. The van der Waals surface area contributed by atoms with Gasteiger partial charge in [-0.25, -0.2) is 21.2 Å². The van der Waals surface area contributed by atoms with Gasteiger partial charge in [-0.15, -0.1) is 0 Å². The average Bonchev–Trinajstić information content (AvgIpc) is 2.85. The second-order valence-electron chi connectivity index (χ2n) is 7.67. The number of amides is 1. The third kappa shape index (κ3) is 4.80. The third-order valence-corrected chi connectivity index (χ3v) is 9.50. The van der Waals surface area contributed by atoms with Crippen molar-refractivity contribution in [2.75, 3.05) is 52.5 Å². The summed E-state index contributed by atoms with van der Waals surface area (Å²) in [6.07, 6.45) is 0. The molecule has 2 aromatic rings. The minimum absolute atomic E-state index is 0.0302. The van der Waals surface area contributed by atoms with E-state index < -0.39 is 36.7 Å². The van der Waals surface area contributed by atoms with E-state index in [0.717, 1.165) is 16.4 Å². The molecular formula is C21H24FN3O6S2. The van der Waals surface area contributed by atoms with Crippen LogP contribution in [-0.4, -0.2) is 88.7 Å². The molecule has 2 heterocycles. The van der Waals surface area contributed by atoms with Crippen LogP contribution < -0.4 is 0 Å². The molecule has 1 amide bonds. The summed E-state index contributed by atoms with van der Waals surface area (Å²) in [5, 5.41) is 0. The maximum absolute atomic E-state index is 14.4. The van der Waals surface area contributed by atoms with Gasteiger partial charge >= 0.3 is 0 Å². The van der Waals surface area contributed by atoms with E-state index in [0.29, 0.717) is 0 Å². The molecule has 33 heavy (non-hydrogen) atoms. The van der Waals surface area contributed by atoms with Crippen LogP contribution in [0.25, 0.3) is 0 Å². The van der Waals surface area contributed by atoms with E-state index in [1.54, 1.807) is 18.2 Å². The molecule has 0 aliphatic carbocycles. The summed E-state index contributed by atoms with van der Waals surface area (Å²) in [6, 6.07) is 11.3. The Kier molecular flexibility index (Phi) is 6.82. The van der Waals surface area contributed by atoms with Crippen molar-refractivity contribution < 1.29 is 30.8 Å². The van der Waals surface area contributed by atoms with Crippen LogP contribution in [-0.2, 0) is 24.8 Å². The lowest BCUT2D eigenvalue weighted by Crippen LogP contribution is -2.50. The lowest BCUT2D eigenvalue weighted by Gasteiger charge is -2.34. The smallest absolute Gasteiger partial charge is 0.253 e. The van der Waals surface area contributed by atoms with Crippen molar-refractivity contribution >= 4 is 26.0 Å². The minimum Gasteiger partial charge on any atom is -0.379 e. The summed E-state index contributed by atoms with van der Waals surface area (Å²) in [4.78, 5) is 14.1. The van der Waals surface area contributed by atoms with Crippen LogP contribution in [0, 0.1) is 5.82 Å². The molecule has 0 atom stereocenters. The number of halogens is 1. The van der Waals surface area contributed by atoms with Crippen LogP contribution in [0.3, 0.4) is 0 Å². The summed E-state index contributed by atoms with van der Waals surface area (Å²) in [7, 11) is -7.79. The number of carbonyl (C=O) groups excluding carboxylic acids is 1. The highest BCUT2D eigenvalue weighted by Gasteiger charge is 2.33. The highest BCUT2D eigenvalue weighted by molar-refractivity contribution is 7.89. The molecule has 0 aromatic heterocycles. The van der Waals surface area contributed by atoms with Gasteiger partial charge in [-0.1, -0.05) is 18.2 Å². The summed E-state index contributed by atoms with van der Waals surface area (Å²) < 4.78 is 73.3. The van der Waals surface area contributed by atoms with Crippen LogP contribution in [0.4, 0.5) is 4.39 Å². The largest absolute Gasteiger partial charge is 0.379 e. The topological polar surface area (TPSA) is 104 Å². The van der Waals surface area contributed by atoms with Crippen LogP contribution in [0.2, 0.25) is 0 Å². The normalized spacial score (nSPS) is 18.9. The van der Waals surface area contributed by atoms with Gasteiger partial charge in [0.05, 0.1) is 18.1 Å². The molecule has 2 saturated heterocycles. The second-order valence-corrected chi connectivity index (χ2v) is 11.5. The third-order valence-electron chi connectivity index (χ3n) is 5.67. The SMILES string of the molecule is O=C(c1ccc(F)c(S(=O)(=O)N2CCOCC2)c1)N1CCN(S(=O)(=O)c2ccccc2)CC1. The lowest BCUT2D eigenvalue weighted by molar-refractivity contribution is 0.0697. The summed E-state index contributed by atoms with van der Waals surface area (Å²) in [6.45, 7) is 1.12. The summed E-state index contributed by atoms with van der Waals surface area (Å²) in [5.41, 5.74) is 0.0302. The molecule has 2 aliphatic rings. The first-order chi connectivity index (χ1) is 15.7. The zero-order valence-corrected chi connectivity index (χ0v) is 19.4. The maximum Gasteiger partial charge on any atom is 0.253 e. The van der Waals surface area contributed by atoms with Crippen molar-refractivity contribution in [1.82, 2.24) is 13.5 Å². The number of sulfonamides is 2. The van der Waals surface area contributed by atoms with Crippen molar-refractivity contribution in [3.05, 3.63) is 59.9 Å². The molecule has 9 nitrogen and oxygen atoms in total. The second kappa shape index (κ2) is 9.47. The highest BCUT2D eigenvalue weighted by Crippen LogP contribution is 2.23. The van der Waals surface area contributed by atoms with Crippen molar-refractivity contribution in [1.29, 1.82) is 0 Å². The summed E-state index contributed by atoms with van der Waals surface area (Å²) in [5.74, 6) is -1.41. The number of hydrogen-bond acceptors (Lipinski definition) is 6. The molecule has 0 bridgehead atoms. The van der Waals surface area contributed by atoms with E-state index in [-0.39, 0.29) is 62.9 Å². The number of carbonyl (C=O) groups is 1. The van der Waals surface area contributed by atoms with Gasteiger partial charge in [-0.05, 0) is 30.3 Å². The average molecular weight is 498 g/mol. The molecule has 178 valence electrons. The molecule has 0 N–H and O–H groups in total. The molecule has 2 aliphatic heterocycles. The van der Waals surface area contributed by atoms with Crippen LogP contribution >= 0.6 is 0 Å². The molecule has 0 unspecified atom stereocenters. The van der Waals surface area contributed by atoms with Crippen LogP contribution in [0.15, 0.2) is 58.3 Å². The fraction of sp³-hybridized carbons (Fsp3) is 0.381. The standard InChI is InChI=1S/C21H24FN3O6S2/c22-19-7-6-17(16-20(19)33(29,30)25-12-14-31-15-13-25)21(26)23-8-10-24(11-9-23)32(27,28)18-4-2-1-3-5-18/h1-7,16H,8-15H2. The van der Waals surface area contributed by atoms with Gasteiger partial charge in [-0.2, -0.15) is 8.61 Å². The predicted octanol–water partition coefficient (Wildman–Crippen LogP) is 0.993. The quantitative estimate of drug-likeness (QED) is 0.610. The number of rotatable bonds is 5. The number of ether oxygens (including phenoxy) is 1. The van der Waals surface area contributed by atoms with Crippen molar-refractivity contribution in [2.24, 2.45) is 0 Å². The number of hydrogen-bond donors (Lipinski definition) is 0. The Morgan fingerprint density at radius 2 is 1.39 bits per heavy atom. The molecular weight excluding hydrogens is 473 g/mol. The number of piperazine rings is 1. The molecule has 4 rings (SSSR count).